The predicted octanol–water partition coefficient (Wildman–Crippen LogP) is 14.5. The Morgan fingerprint density at radius 1 is 0.492 bits per heavy atom. The van der Waals surface area contributed by atoms with Gasteiger partial charge in [0.25, 0.3) is 0 Å². The molecule has 0 amide bonds. The van der Waals surface area contributed by atoms with Crippen LogP contribution < -0.4 is 0 Å². The van der Waals surface area contributed by atoms with Crippen molar-refractivity contribution in [2.75, 3.05) is 54.1 Å². The zero-order valence-corrected chi connectivity index (χ0v) is 40.9. The number of ether oxygens (including phenoxy) is 2. The van der Waals surface area contributed by atoms with Crippen LogP contribution in [0.2, 0.25) is 0 Å². The van der Waals surface area contributed by atoms with Gasteiger partial charge in [0.2, 0.25) is 0 Å². The van der Waals surface area contributed by atoms with E-state index in [9.17, 15) is 14.3 Å². The van der Waals surface area contributed by atoms with Gasteiger partial charge < -0.3 is 18.9 Å². The van der Waals surface area contributed by atoms with Gasteiger partial charge in [0.15, 0.2) is 0 Å². The molecule has 0 rings (SSSR count). The second kappa shape index (κ2) is 45.0. The topological polar surface area (TPSA) is 91.3 Å². The van der Waals surface area contributed by atoms with E-state index in [0.717, 1.165) is 103 Å². The summed E-state index contributed by atoms with van der Waals surface area (Å²) in [5, 5.41) is 0. The third-order valence-electron chi connectivity index (χ3n) is 8.90. The maximum atomic E-state index is 12.7. The van der Waals surface area contributed by atoms with Crippen molar-refractivity contribution in [2.45, 2.75) is 136 Å². The van der Waals surface area contributed by atoms with E-state index in [0.29, 0.717) is 24.1 Å². The number of carbonyl (C=O) groups is 1. The smallest absolute Gasteiger partial charge is 0.457 e. The van der Waals surface area contributed by atoms with Crippen LogP contribution in [0, 0.1) is 0 Å². The highest BCUT2D eigenvalue weighted by Gasteiger charge is 2.26. The first kappa shape index (κ1) is 59.4. The van der Waals surface area contributed by atoms with E-state index < -0.39 is 13.9 Å². The highest BCUT2D eigenvalue weighted by molar-refractivity contribution is 7.47. The Kier molecular flexibility index (Phi) is 42.4. The Labute approximate surface area is 385 Å². The van der Waals surface area contributed by atoms with Crippen LogP contribution >= 0.6 is 7.82 Å². The molecule has 354 valence electrons. The van der Waals surface area contributed by atoms with Crippen molar-refractivity contribution in [1.29, 1.82) is 0 Å². The molecule has 0 saturated heterocycles. The average Bonchev–Trinajstić information content (AvgIpc) is 3.24. The number of rotatable bonds is 41. The lowest BCUT2D eigenvalue weighted by atomic mass is 10.2. The number of phosphoric acid groups is 1. The molecule has 63 heavy (non-hydrogen) atoms. The SMILES string of the molecule is CC/C=C\C/C=C\C/C=C\C/C=C\C/C=C\C/C=C\CCCCC(=O)OC(COCCC/C=C\C/C=C\C/C=C\C/C=C\C/C=C\C/C=C\CC)COP(=O)(O)OCC[N+](C)(C)C. The van der Waals surface area contributed by atoms with Crippen LogP contribution in [0.4, 0.5) is 0 Å². The van der Waals surface area contributed by atoms with Crippen molar-refractivity contribution in [3.63, 3.8) is 0 Å². The van der Waals surface area contributed by atoms with Gasteiger partial charge in [0.1, 0.15) is 19.3 Å². The Morgan fingerprint density at radius 3 is 1.24 bits per heavy atom. The van der Waals surface area contributed by atoms with E-state index in [1.165, 1.54) is 0 Å². The molecule has 0 aromatic rings. The van der Waals surface area contributed by atoms with Gasteiger partial charge in [-0.2, -0.15) is 0 Å². The number of nitrogens with zero attached hydrogens (tertiary/aromatic N) is 1. The average molecular weight is 893 g/mol. The normalized spacial score (nSPS) is 15.0. The van der Waals surface area contributed by atoms with E-state index in [1.54, 1.807) is 0 Å². The molecular weight excluding hydrogens is 806 g/mol. The molecule has 0 aromatic heterocycles. The summed E-state index contributed by atoms with van der Waals surface area (Å²) >= 11 is 0. The zero-order valence-electron chi connectivity index (χ0n) is 40.0. The third-order valence-corrected chi connectivity index (χ3v) is 9.88. The minimum atomic E-state index is -4.32. The summed E-state index contributed by atoms with van der Waals surface area (Å²) < 4.78 is 34.9. The first-order valence-corrected chi connectivity index (χ1v) is 25.1. The maximum absolute atomic E-state index is 12.7. The summed E-state index contributed by atoms with van der Waals surface area (Å²) in [5.74, 6) is -0.383. The Hall–Kier alpha value is -3.62. The molecule has 0 aromatic carbocycles. The maximum Gasteiger partial charge on any atom is 0.472 e. The van der Waals surface area contributed by atoms with Crippen molar-refractivity contribution < 1.29 is 37.3 Å². The molecule has 0 fully saturated rings. The second-order valence-corrected chi connectivity index (χ2v) is 17.5. The summed E-state index contributed by atoms with van der Waals surface area (Å²) in [5.41, 5.74) is 0. The molecule has 2 unspecified atom stereocenters. The van der Waals surface area contributed by atoms with Crippen LogP contribution in [0.15, 0.2) is 146 Å². The summed E-state index contributed by atoms with van der Waals surface area (Å²) in [4.78, 5) is 22.9. The molecule has 0 heterocycles. The molecule has 0 aliphatic rings. The van der Waals surface area contributed by atoms with Crippen LogP contribution in [0.3, 0.4) is 0 Å². The lowest BCUT2D eigenvalue weighted by Crippen LogP contribution is -2.37. The van der Waals surface area contributed by atoms with Crippen LogP contribution in [0.25, 0.3) is 0 Å². The number of esters is 1. The van der Waals surface area contributed by atoms with Gasteiger partial charge in [-0.25, -0.2) is 4.57 Å². The lowest BCUT2D eigenvalue weighted by molar-refractivity contribution is -0.870. The number of unbranched alkanes of at least 4 members (excludes halogenated alkanes) is 3. The third kappa shape index (κ3) is 49.3. The van der Waals surface area contributed by atoms with Crippen molar-refractivity contribution in [3.05, 3.63) is 146 Å². The number of carbonyl (C=O) groups excluding carboxylic acids is 1. The van der Waals surface area contributed by atoms with Gasteiger partial charge in [-0.3, -0.25) is 13.8 Å². The van der Waals surface area contributed by atoms with Crippen LogP contribution in [0.1, 0.15) is 129 Å². The van der Waals surface area contributed by atoms with E-state index in [1.807, 2.05) is 21.1 Å². The number of hydrogen-bond donors (Lipinski definition) is 1. The number of allylic oxidation sites excluding steroid dienone is 24. The molecule has 8 nitrogen and oxygen atoms in total. The molecule has 0 radical (unpaired) electrons. The highest BCUT2D eigenvalue weighted by atomic mass is 31.2. The number of quaternary nitrogens is 1. The minimum Gasteiger partial charge on any atom is -0.457 e. The van der Waals surface area contributed by atoms with Crippen LogP contribution in [-0.4, -0.2) is 75.6 Å². The number of hydrogen-bond acceptors (Lipinski definition) is 6. The molecule has 0 spiro atoms. The molecule has 1 N–H and O–H groups in total. The molecule has 0 aliphatic heterocycles. The van der Waals surface area contributed by atoms with Gasteiger partial charge in [0, 0.05) is 13.0 Å². The first-order valence-electron chi connectivity index (χ1n) is 23.6. The quantitative estimate of drug-likeness (QED) is 0.0215. The summed E-state index contributed by atoms with van der Waals surface area (Å²) in [7, 11) is 1.57. The van der Waals surface area contributed by atoms with Crippen LogP contribution in [0.5, 0.6) is 0 Å². The monoisotopic (exact) mass is 893 g/mol. The standard InChI is InChI=1S/C54H86NO7P/c1-6-8-10-12-14-16-18-20-22-24-26-28-29-31-33-35-37-39-41-43-45-47-54(56)62-53(52-61-63(57,58)60-50-48-55(3,4)5)51-59-49-46-44-42-40-38-36-34-32-30-27-25-23-21-19-17-15-13-11-9-7-2/h8-11,14-17,20-23,26-28,30-31,33-34,36-37,39-40,42,53H,6-7,12-13,18-19,24-25,29,32,35,38,41,43-52H2,1-5H3/p+1/b10-8-,11-9-,16-14-,17-15-,22-20-,23-21-,28-26-,30-27-,33-31-,36-34-,39-37-,42-40-. The van der Waals surface area contributed by atoms with E-state index in [-0.39, 0.29) is 32.2 Å². The van der Waals surface area contributed by atoms with Gasteiger partial charge in [-0.1, -0.05) is 160 Å². The van der Waals surface area contributed by atoms with Crippen LogP contribution in [-0.2, 0) is 27.9 Å². The fourth-order valence-electron chi connectivity index (χ4n) is 5.33. The van der Waals surface area contributed by atoms with E-state index in [2.05, 4.69) is 160 Å². The Morgan fingerprint density at radius 2 is 0.857 bits per heavy atom. The molecule has 9 heteroatoms. The molecule has 0 saturated carbocycles. The summed E-state index contributed by atoms with van der Waals surface area (Å²) in [6.45, 7) is 5.12. The lowest BCUT2D eigenvalue weighted by Gasteiger charge is -2.24. The van der Waals surface area contributed by atoms with Gasteiger partial charge in [-0.15, -0.1) is 0 Å². The predicted molar refractivity (Wildman–Crippen MR) is 269 cm³/mol. The minimum absolute atomic E-state index is 0.0591. The summed E-state index contributed by atoms with van der Waals surface area (Å²) in [6, 6.07) is 0. The van der Waals surface area contributed by atoms with Crippen molar-refractivity contribution in [1.82, 2.24) is 0 Å². The zero-order chi connectivity index (χ0) is 46.2. The number of likely N-dealkylation sites (N-methyl/N-ethyl adjacent to an activating group) is 1. The Balaban J connectivity index is 4.45. The van der Waals surface area contributed by atoms with Gasteiger partial charge in [0.05, 0.1) is 34.4 Å². The van der Waals surface area contributed by atoms with E-state index >= 15 is 0 Å². The fraction of sp³-hybridized carbons (Fsp3) is 0.537. The highest BCUT2D eigenvalue weighted by Crippen LogP contribution is 2.43. The largest absolute Gasteiger partial charge is 0.472 e. The summed E-state index contributed by atoms with van der Waals surface area (Å²) in [6.07, 6.45) is 67.6. The molecule has 0 bridgehead atoms. The van der Waals surface area contributed by atoms with E-state index in [4.69, 9.17) is 18.5 Å². The molecule has 0 aliphatic carbocycles. The number of phosphoric ester groups is 1. The first-order chi connectivity index (χ1) is 30.6. The Bertz CT molecular complexity index is 1500. The van der Waals surface area contributed by atoms with Crippen molar-refractivity contribution in [2.24, 2.45) is 0 Å². The van der Waals surface area contributed by atoms with Gasteiger partial charge >= 0.3 is 13.8 Å². The molecular formula is C54H87NO7P+. The van der Waals surface area contributed by atoms with Crippen molar-refractivity contribution in [3.8, 4) is 0 Å². The van der Waals surface area contributed by atoms with Gasteiger partial charge in [-0.05, 0) is 109 Å². The second-order valence-electron chi connectivity index (χ2n) is 16.0. The molecule has 2 atom stereocenters. The van der Waals surface area contributed by atoms with Crippen molar-refractivity contribution >= 4 is 13.8 Å². The fourth-order valence-corrected chi connectivity index (χ4v) is 6.08.